The van der Waals surface area contributed by atoms with Crippen LogP contribution in [0.15, 0.2) is 35.4 Å². The molecule has 3 nitrogen and oxygen atoms in total. The van der Waals surface area contributed by atoms with Crippen LogP contribution in [0.5, 0.6) is 0 Å². The Morgan fingerprint density at radius 2 is 2.00 bits per heavy atom. The summed E-state index contributed by atoms with van der Waals surface area (Å²) in [5, 5.41) is 1.04. The number of halogens is 2. The zero-order valence-corrected chi connectivity index (χ0v) is 11.2. The van der Waals surface area contributed by atoms with Crippen LogP contribution in [0.2, 0.25) is 10.0 Å². The summed E-state index contributed by atoms with van der Waals surface area (Å²) in [5.74, 6) is 0. The molecule has 1 aliphatic rings. The van der Waals surface area contributed by atoms with Gasteiger partial charge < -0.3 is 0 Å². The largest absolute Gasteiger partial charge is 0.328 e. The zero-order chi connectivity index (χ0) is 12.7. The molecule has 2 aromatic rings. The van der Waals surface area contributed by atoms with Gasteiger partial charge in [0.05, 0.1) is 16.6 Å². The van der Waals surface area contributed by atoms with Gasteiger partial charge in [0.2, 0.25) is 0 Å². The molecular formula is C13H12Cl2N2O. The normalized spacial score (nSPS) is 15.0. The number of nitrogens with zero attached hydrogens (tertiary/aromatic N) is 2. The Labute approximate surface area is 115 Å². The number of hydrogen-bond donors (Lipinski definition) is 0. The maximum absolute atomic E-state index is 12.1. The van der Waals surface area contributed by atoms with Crippen molar-refractivity contribution in [3.63, 3.8) is 0 Å². The van der Waals surface area contributed by atoms with E-state index in [2.05, 4.69) is 0 Å². The van der Waals surface area contributed by atoms with E-state index in [1.807, 2.05) is 18.3 Å². The van der Waals surface area contributed by atoms with Gasteiger partial charge in [0.1, 0.15) is 0 Å². The third-order valence-electron chi connectivity index (χ3n) is 3.19. The smallest absolute Gasteiger partial charge is 0.296 e. The molecule has 3 rings (SSSR count). The standard InChI is InChI=1S/C13H12Cl2N2O/c14-11-3-1-2-9(12(11)15)8-16-6-7-17(13(16)18)10-4-5-10/h1-3,6-7,10H,4-5,8H2. The van der Waals surface area contributed by atoms with E-state index in [-0.39, 0.29) is 5.69 Å². The van der Waals surface area contributed by atoms with Crippen LogP contribution < -0.4 is 5.69 Å². The van der Waals surface area contributed by atoms with Gasteiger partial charge in [-0.25, -0.2) is 4.79 Å². The summed E-state index contributed by atoms with van der Waals surface area (Å²) < 4.78 is 3.45. The van der Waals surface area contributed by atoms with Crippen LogP contribution >= 0.6 is 23.2 Å². The van der Waals surface area contributed by atoms with E-state index in [1.165, 1.54) is 0 Å². The summed E-state index contributed by atoms with van der Waals surface area (Å²) >= 11 is 12.1. The highest BCUT2D eigenvalue weighted by atomic mass is 35.5. The van der Waals surface area contributed by atoms with E-state index in [9.17, 15) is 4.79 Å². The Hall–Kier alpha value is -1.19. The molecule has 0 N–H and O–H groups in total. The molecule has 0 amide bonds. The van der Waals surface area contributed by atoms with Crippen molar-refractivity contribution in [2.75, 3.05) is 0 Å². The fraction of sp³-hybridized carbons (Fsp3) is 0.308. The second-order valence-corrected chi connectivity index (χ2v) is 5.35. The van der Waals surface area contributed by atoms with Gasteiger partial charge in [0.25, 0.3) is 0 Å². The number of aromatic nitrogens is 2. The number of rotatable bonds is 3. The highest BCUT2D eigenvalue weighted by Crippen LogP contribution is 2.33. The van der Waals surface area contributed by atoms with Gasteiger partial charge >= 0.3 is 5.69 Å². The van der Waals surface area contributed by atoms with Crippen LogP contribution in [-0.4, -0.2) is 9.13 Å². The summed E-state index contributed by atoms with van der Waals surface area (Å²) in [6.45, 7) is 0.456. The van der Waals surface area contributed by atoms with Gasteiger partial charge in [0, 0.05) is 18.4 Å². The molecule has 94 valence electrons. The average Bonchev–Trinajstić information content (AvgIpc) is 3.12. The van der Waals surface area contributed by atoms with Crippen molar-refractivity contribution in [2.24, 2.45) is 0 Å². The second-order valence-electron chi connectivity index (χ2n) is 4.56. The first-order chi connectivity index (χ1) is 8.66. The maximum Gasteiger partial charge on any atom is 0.328 e. The van der Waals surface area contributed by atoms with E-state index < -0.39 is 0 Å². The Morgan fingerprint density at radius 3 is 2.72 bits per heavy atom. The van der Waals surface area contributed by atoms with E-state index >= 15 is 0 Å². The van der Waals surface area contributed by atoms with Crippen LogP contribution in [-0.2, 0) is 6.54 Å². The molecule has 0 bridgehead atoms. The lowest BCUT2D eigenvalue weighted by Crippen LogP contribution is -2.23. The van der Waals surface area contributed by atoms with Gasteiger partial charge in [-0.2, -0.15) is 0 Å². The lowest BCUT2D eigenvalue weighted by atomic mass is 10.2. The lowest BCUT2D eigenvalue weighted by Gasteiger charge is -2.06. The SMILES string of the molecule is O=c1n(Cc2cccc(Cl)c2Cl)ccn1C1CC1. The van der Waals surface area contributed by atoms with Crippen molar-refractivity contribution in [3.8, 4) is 0 Å². The first-order valence-corrected chi connectivity index (χ1v) is 6.62. The number of benzene rings is 1. The molecule has 1 aromatic carbocycles. The minimum Gasteiger partial charge on any atom is -0.296 e. The fourth-order valence-corrected chi connectivity index (χ4v) is 2.41. The molecule has 1 aliphatic carbocycles. The fourth-order valence-electron chi connectivity index (χ4n) is 2.03. The third kappa shape index (κ3) is 2.08. The second kappa shape index (κ2) is 4.48. The predicted molar refractivity (Wildman–Crippen MR) is 72.5 cm³/mol. The van der Waals surface area contributed by atoms with E-state index in [0.717, 1.165) is 18.4 Å². The van der Waals surface area contributed by atoms with Crippen LogP contribution in [0.4, 0.5) is 0 Å². The molecule has 5 heteroatoms. The topological polar surface area (TPSA) is 26.9 Å². The molecule has 0 saturated heterocycles. The lowest BCUT2D eigenvalue weighted by molar-refractivity contribution is 0.656. The quantitative estimate of drug-likeness (QED) is 0.848. The first-order valence-electron chi connectivity index (χ1n) is 5.87. The van der Waals surface area contributed by atoms with Crippen molar-refractivity contribution < 1.29 is 0 Å². The Bertz CT molecular complexity index is 641. The molecular weight excluding hydrogens is 271 g/mol. The summed E-state index contributed by atoms with van der Waals surface area (Å²) in [6.07, 6.45) is 5.85. The molecule has 0 atom stereocenters. The molecule has 0 spiro atoms. The van der Waals surface area contributed by atoms with E-state index in [1.54, 1.807) is 21.4 Å². The zero-order valence-electron chi connectivity index (χ0n) is 9.64. The maximum atomic E-state index is 12.1. The summed E-state index contributed by atoms with van der Waals surface area (Å²) in [7, 11) is 0. The summed E-state index contributed by atoms with van der Waals surface area (Å²) in [5.41, 5.74) is 0.883. The average molecular weight is 283 g/mol. The number of imidazole rings is 1. The Morgan fingerprint density at radius 1 is 1.22 bits per heavy atom. The summed E-state index contributed by atoms with van der Waals surface area (Å²) in [6, 6.07) is 5.86. The molecule has 1 saturated carbocycles. The Balaban J connectivity index is 1.92. The van der Waals surface area contributed by atoms with Crippen molar-refractivity contribution in [1.29, 1.82) is 0 Å². The first kappa shape index (κ1) is 11.9. The van der Waals surface area contributed by atoms with Crippen molar-refractivity contribution in [3.05, 3.63) is 56.7 Å². The molecule has 1 heterocycles. The van der Waals surface area contributed by atoms with Crippen LogP contribution in [0.3, 0.4) is 0 Å². The van der Waals surface area contributed by atoms with Crippen molar-refractivity contribution in [1.82, 2.24) is 9.13 Å². The molecule has 0 unspecified atom stereocenters. The van der Waals surface area contributed by atoms with Crippen LogP contribution in [0, 0.1) is 0 Å². The molecule has 1 fully saturated rings. The molecule has 1 aromatic heterocycles. The molecule has 0 aliphatic heterocycles. The Kier molecular flexibility index (Phi) is 2.96. The highest BCUT2D eigenvalue weighted by molar-refractivity contribution is 6.42. The number of hydrogen-bond acceptors (Lipinski definition) is 1. The van der Waals surface area contributed by atoms with Gasteiger partial charge in [-0.3, -0.25) is 9.13 Å². The van der Waals surface area contributed by atoms with Crippen LogP contribution in [0.1, 0.15) is 24.4 Å². The van der Waals surface area contributed by atoms with E-state index in [4.69, 9.17) is 23.2 Å². The highest BCUT2D eigenvalue weighted by Gasteiger charge is 2.25. The molecule has 18 heavy (non-hydrogen) atoms. The van der Waals surface area contributed by atoms with Crippen LogP contribution in [0.25, 0.3) is 0 Å². The van der Waals surface area contributed by atoms with Gasteiger partial charge in [-0.1, -0.05) is 35.3 Å². The van der Waals surface area contributed by atoms with Gasteiger partial charge in [-0.05, 0) is 24.5 Å². The monoisotopic (exact) mass is 282 g/mol. The summed E-state index contributed by atoms with van der Waals surface area (Å²) in [4.78, 5) is 12.1. The third-order valence-corrected chi connectivity index (χ3v) is 4.04. The minimum absolute atomic E-state index is 0.0218. The molecule has 0 radical (unpaired) electrons. The predicted octanol–water partition coefficient (Wildman–Crippen LogP) is 3.34. The van der Waals surface area contributed by atoms with Gasteiger partial charge in [-0.15, -0.1) is 0 Å². The van der Waals surface area contributed by atoms with Crippen molar-refractivity contribution >= 4 is 23.2 Å². The minimum atomic E-state index is 0.0218. The van der Waals surface area contributed by atoms with E-state index in [0.29, 0.717) is 22.6 Å². The van der Waals surface area contributed by atoms with Crippen molar-refractivity contribution in [2.45, 2.75) is 25.4 Å². The van der Waals surface area contributed by atoms with Gasteiger partial charge in [0.15, 0.2) is 0 Å².